The van der Waals surface area contributed by atoms with E-state index < -0.39 is 23.4 Å². The maximum absolute atomic E-state index is 14.7. The minimum absolute atomic E-state index is 0.0828. The van der Waals surface area contributed by atoms with E-state index in [1.807, 2.05) is 10.3 Å². The Morgan fingerprint density at radius 1 is 1.29 bits per heavy atom. The number of aliphatic imine (C=N–C) groups is 1. The van der Waals surface area contributed by atoms with Gasteiger partial charge in [-0.25, -0.2) is 14.2 Å². The molecule has 5 rings (SSSR count). The summed E-state index contributed by atoms with van der Waals surface area (Å²) in [5.41, 5.74) is 1.07. The van der Waals surface area contributed by atoms with Crippen LogP contribution >= 0.6 is 23.6 Å². The fourth-order valence-electron chi connectivity index (χ4n) is 5.65. The summed E-state index contributed by atoms with van der Waals surface area (Å²) in [6, 6.07) is 4.12. The van der Waals surface area contributed by atoms with Gasteiger partial charge in [0.15, 0.2) is 16.0 Å². The van der Waals surface area contributed by atoms with Gasteiger partial charge in [-0.15, -0.1) is 11.3 Å². The molecule has 0 aliphatic carbocycles. The van der Waals surface area contributed by atoms with Crippen LogP contribution in [0.3, 0.4) is 0 Å². The van der Waals surface area contributed by atoms with Crippen molar-refractivity contribution in [2.45, 2.75) is 39.8 Å². The summed E-state index contributed by atoms with van der Waals surface area (Å²) in [5.74, 6) is -1.21. The van der Waals surface area contributed by atoms with Gasteiger partial charge in [-0.05, 0) is 57.1 Å². The van der Waals surface area contributed by atoms with Crippen LogP contribution < -0.4 is 5.32 Å². The number of ether oxygens (including phenoxy) is 1. The Kier molecular flexibility index (Phi) is 8.63. The van der Waals surface area contributed by atoms with E-state index in [2.05, 4.69) is 20.1 Å². The van der Waals surface area contributed by atoms with Gasteiger partial charge in [0.05, 0.1) is 23.6 Å². The summed E-state index contributed by atoms with van der Waals surface area (Å²) in [5, 5.41) is 16.2. The van der Waals surface area contributed by atoms with Crippen molar-refractivity contribution in [2.75, 3.05) is 45.9 Å². The number of hydrogen-bond acceptors (Lipinski definition) is 9. The number of aromatic nitrogens is 1. The first kappa shape index (κ1) is 30.1. The molecule has 0 saturated carbocycles. The minimum Gasteiger partial charge on any atom is -0.481 e. The van der Waals surface area contributed by atoms with Crippen molar-refractivity contribution in [1.29, 1.82) is 0 Å². The van der Waals surface area contributed by atoms with Crippen molar-refractivity contribution in [3.8, 4) is 0 Å². The molecule has 0 spiro atoms. The van der Waals surface area contributed by atoms with Crippen LogP contribution in [0.2, 0.25) is 0 Å². The maximum atomic E-state index is 14.7. The number of halogens is 1. The highest BCUT2D eigenvalue weighted by Crippen LogP contribution is 2.36. The molecular weight excluding hydrogens is 579 g/mol. The summed E-state index contributed by atoms with van der Waals surface area (Å²) < 4.78 is 20.2. The van der Waals surface area contributed by atoms with E-state index in [9.17, 15) is 19.1 Å². The van der Waals surface area contributed by atoms with Crippen molar-refractivity contribution >= 4 is 46.4 Å². The van der Waals surface area contributed by atoms with E-state index >= 15 is 0 Å². The molecule has 2 N–H and O–H groups in total. The number of nitrogens with one attached hydrogen (secondary N) is 1. The number of carboxylic acids is 1. The Morgan fingerprint density at radius 2 is 2.07 bits per heavy atom. The van der Waals surface area contributed by atoms with Crippen LogP contribution in [0.25, 0.3) is 0 Å². The average Bonchev–Trinajstić information content (AvgIpc) is 3.58. The molecule has 2 saturated heterocycles. The van der Waals surface area contributed by atoms with Crippen LogP contribution in [-0.4, -0.2) is 99.6 Å². The van der Waals surface area contributed by atoms with Crippen molar-refractivity contribution in [1.82, 2.24) is 25.0 Å². The second kappa shape index (κ2) is 12.1. The lowest BCUT2D eigenvalue weighted by Gasteiger charge is -2.38. The number of piperazine rings is 1. The molecule has 2 aromatic rings. The Labute approximate surface area is 253 Å². The normalized spacial score (nSPS) is 21.3. The highest BCUT2D eigenvalue weighted by atomic mass is 32.1. The first-order valence-electron chi connectivity index (χ1n) is 13.9. The van der Waals surface area contributed by atoms with Crippen LogP contribution in [-0.2, 0) is 14.3 Å². The summed E-state index contributed by atoms with van der Waals surface area (Å²) in [4.78, 5) is 40.9. The molecule has 2 fully saturated rings. The molecule has 42 heavy (non-hydrogen) atoms. The lowest BCUT2D eigenvalue weighted by atomic mass is 9.92. The zero-order valence-corrected chi connectivity index (χ0v) is 25.7. The highest BCUT2D eigenvalue weighted by Gasteiger charge is 2.42. The minimum atomic E-state index is -0.931. The van der Waals surface area contributed by atoms with Gasteiger partial charge in [0.1, 0.15) is 11.9 Å². The zero-order valence-electron chi connectivity index (χ0n) is 24.1. The third-order valence-corrected chi connectivity index (χ3v) is 9.19. The Balaban J connectivity index is 1.45. The first-order valence-corrected chi connectivity index (χ1v) is 15.2. The molecule has 0 radical (unpaired) electrons. The zero-order chi connectivity index (χ0) is 30.2. The molecular formula is C29H35FN6O4S2. The summed E-state index contributed by atoms with van der Waals surface area (Å²) in [6.45, 7) is 10.4. The third-order valence-electron chi connectivity index (χ3n) is 7.92. The van der Waals surface area contributed by atoms with Gasteiger partial charge in [-0.2, -0.15) is 0 Å². The highest BCUT2D eigenvalue weighted by molar-refractivity contribution is 7.80. The monoisotopic (exact) mass is 614 g/mol. The van der Waals surface area contributed by atoms with E-state index in [1.54, 1.807) is 46.0 Å². The van der Waals surface area contributed by atoms with Crippen LogP contribution in [0.15, 0.2) is 46.0 Å². The fraction of sp³-hybridized carbons (Fsp3) is 0.483. The number of rotatable bonds is 9. The van der Waals surface area contributed by atoms with Gasteiger partial charge in [0, 0.05) is 56.5 Å². The lowest BCUT2D eigenvalue weighted by Crippen LogP contribution is -2.53. The Morgan fingerprint density at radius 3 is 2.76 bits per heavy atom. The molecule has 2 atom stereocenters. The number of fused-ring (bicyclic) bond motifs is 1. The Hall–Kier alpha value is -3.42. The number of esters is 1. The molecule has 1 aromatic heterocycles. The molecule has 3 aliphatic rings. The van der Waals surface area contributed by atoms with E-state index in [0.29, 0.717) is 77.6 Å². The quantitative estimate of drug-likeness (QED) is 0.323. The first-order chi connectivity index (χ1) is 20.0. The van der Waals surface area contributed by atoms with Gasteiger partial charge in [-0.3, -0.25) is 14.7 Å². The number of carbonyl (C=O) groups is 2. The predicted molar refractivity (Wildman–Crippen MR) is 162 cm³/mol. The molecule has 13 heteroatoms. The topological polar surface area (TPSA) is 111 Å². The standard InChI is InChI=1S/C29H35FN6O4S2/c1-5-40-26(37)22-21(15-34-10-11-36-18(13-34)14-35(28(36)41)16-29(3,4)27(38)39)32-24(25-31-9-12-42-25)33-23(22)19-7-6-8-20(30)17(19)2/h6-9,12,18,23H,5,10-11,13-16H2,1-4H3,(H,32,33)(H,38,39). The van der Waals surface area contributed by atoms with Crippen molar-refractivity contribution in [3.63, 3.8) is 0 Å². The molecule has 2 unspecified atom stereocenters. The second-order valence-corrected chi connectivity index (χ2v) is 12.6. The van der Waals surface area contributed by atoms with E-state index in [1.165, 1.54) is 17.4 Å². The summed E-state index contributed by atoms with van der Waals surface area (Å²) >= 11 is 7.16. The van der Waals surface area contributed by atoms with Crippen LogP contribution in [0, 0.1) is 18.2 Å². The molecule has 3 aliphatic heterocycles. The van der Waals surface area contributed by atoms with Crippen molar-refractivity contribution < 1.29 is 23.8 Å². The summed E-state index contributed by atoms with van der Waals surface area (Å²) in [7, 11) is 0. The smallest absolute Gasteiger partial charge is 0.338 e. The number of thiazole rings is 1. The van der Waals surface area contributed by atoms with Gasteiger partial charge in [0.25, 0.3) is 0 Å². The Bertz CT molecular complexity index is 1440. The number of thiocarbonyl (C=S) groups is 1. The number of aliphatic carboxylic acids is 1. The van der Waals surface area contributed by atoms with E-state index in [-0.39, 0.29) is 18.5 Å². The number of amidine groups is 1. The molecule has 4 heterocycles. The van der Waals surface area contributed by atoms with Crippen molar-refractivity contribution in [3.05, 3.63) is 63.0 Å². The largest absolute Gasteiger partial charge is 0.481 e. The van der Waals surface area contributed by atoms with E-state index in [0.717, 1.165) is 0 Å². The van der Waals surface area contributed by atoms with Gasteiger partial charge in [0.2, 0.25) is 0 Å². The number of nitrogens with zero attached hydrogens (tertiary/aromatic N) is 5. The third kappa shape index (κ3) is 5.90. The van der Waals surface area contributed by atoms with Crippen LogP contribution in [0.1, 0.15) is 42.9 Å². The van der Waals surface area contributed by atoms with Gasteiger partial charge < -0.3 is 25.0 Å². The van der Waals surface area contributed by atoms with Crippen molar-refractivity contribution in [2.24, 2.45) is 10.4 Å². The molecule has 0 amide bonds. The predicted octanol–water partition coefficient (Wildman–Crippen LogP) is 3.20. The second-order valence-electron chi connectivity index (χ2n) is 11.3. The number of carboxylic acid groups (broad SMARTS) is 1. The summed E-state index contributed by atoms with van der Waals surface area (Å²) in [6.07, 6.45) is 1.69. The SMILES string of the molecule is CCOC(=O)C1=C(CN2CCN3C(=S)N(CC(C)(C)C(=O)O)CC3C2)NC(c2nccs2)=NC1c1cccc(F)c1C. The lowest BCUT2D eigenvalue weighted by molar-refractivity contribution is -0.147. The fourth-order valence-corrected chi connectivity index (χ4v) is 6.62. The average molecular weight is 615 g/mol. The van der Waals surface area contributed by atoms with Crippen LogP contribution in [0.5, 0.6) is 0 Å². The number of hydrogen-bond donors (Lipinski definition) is 2. The number of benzene rings is 1. The van der Waals surface area contributed by atoms with Gasteiger partial charge in [-0.1, -0.05) is 12.1 Å². The molecule has 224 valence electrons. The number of carbonyl (C=O) groups excluding carboxylic acids is 1. The maximum Gasteiger partial charge on any atom is 0.338 e. The molecule has 1 aromatic carbocycles. The van der Waals surface area contributed by atoms with Gasteiger partial charge >= 0.3 is 11.9 Å². The molecule has 0 bridgehead atoms. The van der Waals surface area contributed by atoms with E-state index in [4.69, 9.17) is 21.9 Å². The van der Waals surface area contributed by atoms with Crippen LogP contribution in [0.4, 0.5) is 4.39 Å². The molecule has 10 nitrogen and oxygen atoms in total.